The third-order valence-corrected chi connectivity index (χ3v) is 5.98. The van der Waals surface area contributed by atoms with Gasteiger partial charge in [0.2, 0.25) is 5.91 Å². The van der Waals surface area contributed by atoms with Crippen LogP contribution in [0.4, 0.5) is 0 Å². The number of ether oxygens (including phenoxy) is 3. The maximum Gasteiger partial charge on any atom is 0.228 e. The van der Waals surface area contributed by atoms with Crippen molar-refractivity contribution in [1.29, 1.82) is 0 Å². The minimum absolute atomic E-state index is 0.0420. The van der Waals surface area contributed by atoms with Gasteiger partial charge in [-0.1, -0.05) is 12.1 Å². The SMILES string of the molecule is CCOc1ccc(-c2nc(CC(=O)N(CC)Cc3cccc4c3OCCO4)cs2)cc1. The monoisotopic (exact) mass is 438 g/mol. The molecule has 0 N–H and O–H groups in total. The first kappa shape index (κ1) is 21.2. The van der Waals surface area contributed by atoms with Crippen molar-refractivity contribution in [2.75, 3.05) is 26.4 Å². The van der Waals surface area contributed by atoms with Crippen molar-refractivity contribution in [2.45, 2.75) is 26.8 Å². The van der Waals surface area contributed by atoms with Crippen LogP contribution in [-0.2, 0) is 17.8 Å². The number of fused-ring (bicyclic) bond motifs is 1. The van der Waals surface area contributed by atoms with Crippen LogP contribution in [0.25, 0.3) is 10.6 Å². The summed E-state index contributed by atoms with van der Waals surface area (Å²) in [5.41, 5.74) is 2.76. The number of carbonyl (C=O) groups is 1. The number of hydrogen-bond acceptors (Lipinski definition) is 6. The van der Waals surface area contributed by atoms with Gasteiger partial charge in [0.05, 0.1) is 18.7 Å². The van der Waals surface area contributed by atoms with E-state index in [9.17, 15) is 4.79 Å². The number of amides is 1. The molecule has 1 aliphatic heterocycles. The smallest absolute Gasteiger partial charge is 0.228 e. The molecule has 0 bridgehead atoms. The van der Waals surface area contributed by atoms with Gasteiger partial charge in [0.25, 0.3) is 0 Å². The maximum atomic E-state index is 13.0. The summed E-state index contributed by atoms with van der Waals surface area (Å²) in [5, 5.41) is 2.86. The normalized spacial score (nSPS) is 12.5. The van der Waals surface area contributed by atoms with Crippen LogP contribution in [0.2, 0.25) is 0 Å². The number of thiazole rings is 1. The van der Waals surface area contributed by atoms with E-state index < -0.39 is 0 Å². The molecule has 0 atom stereocenters. The number of nitrogens with zero attached hydrogens (tertiary/aromatic N) is 2. The fourth-order valence-corrected chi connectivity index (χ4v) is 4.31. The number of hydrogen-bond donors (Lipinski definition) is 0. The summed E-state index contributed by atoms with van der Waals surface area (Å²) >= 11 is 1.55. The summed E-state index contributed by atoms with van der Waals surface area (Å²) < 4.78 is 16.9. The van der Waals surface area contributed by atoms with Crippen molar-refractivity contribution in [2.24, 2.45) is 0 Å². The van der Waals surface area contributed by atoms with Crippen LogP contribution in [0.5, 0.6) is 17.2 Å². The lowest BCUT2D eigenvalue weighted by atomic mass is 10.1. The van der Waals surface area contributed by atoms with Crippen molar-refractivity contribution < 1.29 is 19.0 Å². The van der Waals surface area contributed by atoms with Crippen molar-refractivity contribution in [3.63, 3.8) is 0 Å². The molecule has 0 aliphatic carbocycles. The Balaban J connectivity index is 1.43. The summed E-state index contributed by atoms with van der Waals surface area (Å²) in [6.07, 6.45) is 0.272. The molecule has 0 saturated carbocycles. The summed E-state index contributed by atoms with van der Waals surface area (Å²) in [5.74, 6) is 2.37. The Morgan fingerprint density at radius 2 is 1.94 bits per heavy atom. The van der Waals surface area contributed by atoms with Gasteiger partial charge in [-0.2, -0.15) is 0 Å². The van der Waals surface area contributed by atoms with E-state index in [0.29, 0.717) is 32.9 Å². The highest BCUT2D eigenvalue weighted by Crippen LogP contribution is 2.34. The van der Waals surface area contributed by atoms with E-state index in [1.807, 2.05) is 66.6 Å². The lowest BCUT2D eigenvalue weighted by Crippen LogP contribution is -2.32. The van der Waals surface area contributed by atoms with Gasteiger partial charge in [-0.05, 0) is 44.2 Å². The Hall–Kier alpha value is -3.06. The third-order valence-electron chi connectivity index (χ3n) is 5.04. The largest absolute Gasteiger partial charge is 0.494 e. The molecular weight excluding hydrogens is 412 g/mol. The van der Waals surface area contributed by atoms with Crippen LogP contribution in [0.15, 0.2) is 47.8 Å². The molecule has 4 rings (SSSR count). The van der Waals surface area contributed by atoms with Crippen molar-refractivity contribution in [3.05, 3.63) is 59.1 Å². The lowest BCUT2D eigenvalue weighted by molar-refractivity contribution is -0.130. The van der Waals surface area contributed by atoms with Gasteiger partial charge in [0.15, 0.2) is 11.5 Å². The zero-order chi connectivity index (χ0) is 21.6. The zero-order valence-electron chi connectivity index (χ0n) is 17.8. The van der Waals surface area contributed by atoms with Crippen molar-refractivity contribution in [1.82, 2.24) is 9.88 Å². The first-order valence-electron chi connectivity index (χ1n) is 10.5. The van der Waals surface area contributed by atoms with Gasteiger partial charge in [0.1, 0.15) is 24.0 Å². The topological polar surface area (TPSA) is 60.9 Å². The lowest BCUT2D eigenvalue weighted by Gasteiger charge is -2.25. The molecule has 1 amide bonds. The molecule has 0 spiro atoms. The van der Waals surface area contributed by atoms with Gasteiger partial charge >= 0.3 is 0 Å². The molecule has 162 valence electrons. The van der Waals surface area contributed by atoms with Gasteiger partial charge in [-0.3, -0.25) is 4.79 Å². The van der Waals surface area contributed by atoms with Crippen LogP contribution in [-0.4, -0.2) is 42.2 Å². The van der Waals surface area contributed by atoms with Crippen LogP contribution in [0.3, 0.4) is 0 Å². The minimum atomic E-state index is 0.0420. The summed E-state index contributed by atoms with van der Waals surface area (Å²) in [4.78, 5) is 19.5. The summed E-state index contributed by atoms with van der Waals surface area (Å²) in [7, 11) is 0. The quantitative estimate of drug-likeness (QED) is 0.516. The predicted octanol–water partition coefficient (Wildman–Crippen LogP) is 4.57. The highest BCUT2D eigenvalue weighted by Gasteiger charge is 2.20. The molecule has 0 unspecified atom stereocenters. The predicted molar refractivity (Wildman–Crippen MR) is 121 cm³/mol. The molecule has 2 aromatic carbocycles. The first-order valence-corrected chi connectivity index (χ1v) is 11.4. The zero-order valence-corrected chi connectivity index (χ0v) is 18.6. The second-order valence-electron chi connectivity index (χ2n) is 7.13. The van der Waals surface area contributed by atoms with Crippen LogP contribution < -0.4 is 14.2 Å². The van der Waals surface area contributed by atoms with Crippen molar-refractivity contribution in [3.8, 4) is 27.8 Å². The molecule has 31 heavy (non-hydrogen) atoms. The first-order chi connectivity index (χ1) is 15.2. The molecule has 0 fully saturated rings. The van der Waals surface area contributed by atoms with Gasteiger partial charge in [-0.15, -0.1) is 11.3 Å². The number of carbonyl (C=O) groups excluding carboxylic acids is 1. The fraction of sp³-hybridized carbons (Fsp3) is 0.333. The Labute approximate surface area is 186 Å². The van der Waals surface area contributed by atoms with Crippen molar-refractivity contribution >= 4 is 17.2 Å². The standard InChI is InChI=1S/C24H26N2O4S/c1-3-26(15-18-6-5-7-21-23(18)30-13-12-29-21)22(27)14-19-16-31-24(25-19)17-8-10-20(11-9-17)28-4-2/h5-11,16H,3-4,12-15H2,1-2H3. The molecule has 2 heterocycles. The second-order valence-corrected chi connectivity index (χ2v) is 7.99. The van der Waals surface area contributed by atoms with Crippen LogP contribution >= 0.6 is 11.3 Å². The number of rotatable bonds is 8. The molecule has 0 saturated heterocycles. The second kappa shape index (κ2) is 9.83. The molecule has 1 aromatic heterocycles. The van der Waals surface area contributed by atoms with E-state index in [4.69, 9.17) is 14.2 Å². The van der Waals surface area contributed by atoms with Crippen LogP contribution in [0.1, 0.15) is 25.1 Å². The molecule has 6 nitrogen and oxygen atoms in total. The number of para-hydroxylation sites is 1. The van der Waals surface area contributed by atoms with Crippen LogP contribution in [0, 0.1) is 0 Å². The third kappa shape index (κ3) is 4.99. The Morgan fingerprint density at radius 1 is 1.13 bits per heavy atom. The van der Waals surface area contributed by atoms with E-state index in [0.717, 1.165) is 39.1 Å². The molecular formula is C24H26N2O4S. The average molecular weight is 439 g/mol. The van der Waals surface area contributed by atoms with Gasteiger partial charge < -0.3 is 19.1 Å². The molecule has 3 aromatic rings. The Kier molecular flexibility index (Phi) is 6.72. The summed E-state index contributed by atoms with van der Waals surface area (Å²) in [6, 6.07) is 13.7. The maximum absolute atomic E-state index is 13.0. The van der Waals surface area contributed by atoms with E-state index in [1.54, 1.807) is 11.3 Å². The van der Waals surface area contributed by atoms with E-state index in [2.05, 4.69) is 4.98 Å². The van der Waals surface area contributed by atoms with E-state index >= 15 is 0 Å². The van der Waals surface area contributed by atoms with Gasteiger partial charge in [-0.25, -0.2) is 4.98 Å². The van der Waals surface area contributed by atoms with E-state index in [1.165, 1.54) is 0 Å². The highest BCUT2D eigenvalue weighted by molar-refractivity contribution is 7.13. The Bertz CT molecular complexity index is 1030. The highest BCUT2D eigenvalue weighted by atomic mass is 32.1. The fourth-order valence-electron chi connectivity index (χ4n) is 3.49. The average Bonchev–Trinajstić information content (AvgIpc) is 3.26. The summed E-state index contributed by atoms with van der Waals surface area (Å²) in [6.45, 7) is 6.76. The number of aromatic nitrogens is 1. The molecule has 0 radical (unpaired) electrons. The molecule has 1 aliphatic rings. The number of likely N-dealkylation sites (N-methyl/N-ethyl adjacent to an activating group) is 1. The number of benzene rings is 2. The van der Waals surface area contributed by atoms with E-state index in [-0.39, 0.29) is 12.3 Å². The Morgan fingerprint density at radius 3 is 2.71 bits per heavy atom. The van der Waals surface area contributed by atoms with Gasteiger partial charge in [0, 0.05) is 29.6 Å². The minimum Gasteiger partial charge on any atom is -0.494 e. The molecule has 7 heteroatoms.